The largest absolute Gasteiger partial charge is 0.460 e. The summed E-state index contributed by atoms with van der Waals surface area (Å²) >= 11 is 6.07. The third kappa shape index (κ3) is 2.58. The third-order valence-electron chi connectivity index (χ3n) is 4.60. The number of furan rings is 1. The Balaban J connectivity index is 1.85. The number of fused-ring (bicyclic) bond motifs is 2. The van der Waals surface area contributed by atoms with Crippen LogP contribution < -0.4 is 5.73 Å². The second-order valence-corrected chi connectivity index (χ2v) is 6.71. The van der Waals surface area contributed by atoms with Crippen LogP contribution in [0.5, 0.6) is 0 Å². The van der Waals surface area contributed by atoms with E-state index in [9.17, 15) is 4.39 Å². The standard InChI is InChI=1S/C21H12ClFN4O/c22-11-3-4-17(23)15(8-11)18-9-14(13-2-1-6-26-21(13)27-18)16-10-28-19-12(16)5-7-25-20(19)24/h1-10H,(H2,24,25). The molecule has 5 aromatic rings. The van der Waals surface area contributed by atoms with Crippen LogP contribution in [0.3, 0.4) is 0 Å². The lowest BCUT2D eigenvalue weighted by atomic mass is 9.99. The van der Waals surface area contributed by atoms with Gasteiger partial charge in [-0.2, -0.15) is 0 Å². The van der Waals surface area contributed by atoms with Crippen LogP contribution in [0.4, 0.5) is 10.2 Å². The van der Waals surface area contributed by atoms with Gasteiger partial charge in [0.2, 0.25) is 0 Å². The van der Waals surface area contributed by atoms with Gasteiger partial charge in [-0.1, -0.05) is 11.6 Å². The Bertz CT molecular complexity index is 1370. The van der Waals surface area contributed by atoms with Gasteiger partial charge in [0.25, 0.3) is 0 Å². The lowest BCUT2D eigenvalue weighted by molar-refractivity contribution is 0.617. The van der Waals surface area contributed by atoms with Crippen molar-refractivity contribution in [2.75, 3.05) is 5.73 Å². The fourth-order valence-corrected chi connectivity index (χ4v) is 3.47. The summed E-state index contributed by atoms with van der Waals surface area (Å²) < 4.78 is 20.1. The number of hydrogen-bond donors (Lipinski definition) is 1. The van der Waals surface area contributed by atoms with E-state index < -0.39 is 5.82 Å². The van der Waals surface area contributed by atoms with Crippen molar-refractivity contribution in [2.45, 2.75) is 0 Å². The molecule has 0 aliphatic rings. The summed E-state index contributed by atoms with van der Waals surface area (Å²) in [5.74, 6) is -0.107. The molecule has 0 atom stereocenters. The molecule has 28 heavy (non-hydrogen) atoms. The maximum Gasteiger partial charge on any atom is 0.176 e. The SMILES string of the molecule is Nc1nccc2c(-c3cc(-c4cc(Cl)ccc4F)nc4ncccc34)coc12. The van der Waals surface area contributed by atoms with Crippen LogP contribution in [-0.4, -0.2) is 15.0 Å². The molecule has 0 saturated carbocycles. The van der Waals surface area contributed by atoms with Gasteiger partial charge in [-0.25, -0.2) is 19.3 Å². The van der Waals surface area contributed by atoms with Gasteiger partial charge < -0.3 is 10.2 Å². The van der Waals surface area contributed by atoms with E-state index in [0.717, 1.165) is 21.9 Å². The van der Waals surface area contributed by atoms with Gasteiger partial charge in [0.1, 0.15) is 5.82 Å². The van der Waals surface area contributed by atoms with E-state index in [0.29, 0.717) is 33.3 Å². The van der Waals surface area contributed by atoms with Gasteiger partial charge in [-0.15, -0.1) is 0 Å². The van der Waals surface area contributed by atoms with E-state index >= 15 is 0 Å². The predicted octanol–water partition coefficient (Wildman–Crippen LogP) is 5.48. The van der Waals surface area contributed by atoms with Crippen molar-refractivity contribution in [3.63, 3.8) is 0 Å². The minimum atomic E-state index is -0.413. The highest BCUT2D eigenvalue weighted by atomic mass is 35.5. The smallest absolute Gasteiger partial charge is 0.176 e. The number of hydrogen-bond acceptors (Lipinski definition) is 5. The highest BCUT2D eigenvalue weighted by Gasteiger charge is 2.17. The molecule has 0 spiro atoms. The molecule has 2 N–H and O–H groups in total. The van der Waals surface area contributed by atoms with E-state index in [1.165, 1.54) is 12.1 Å². The average molecular weight is 391 g/mol. The van der Waals surface area contributed by atoms with Crippen LogP contribution in [0, 0.1) is 5.82 Å². The molecule has 7 heteroatoms. The normalized spacial score (nSPS) is 11.4. The fraction of sp³-hybridized carbons (Fsp3) is 0. The Morgan fingerprint density at radius 2 is 1.82 bits per heavy atom. The van der Waals surface area contributed by atoms with E-state index in [2.05, 4.69) is 15.0 Å². The first-order valence-electron chi connectivity index (χ1n) is 8.45. The molecule has 0 unspecified atom stereocenters. The Morgan fingerprint density at radius 1 is 0.929 bits per heavy atom. The second kappa shape index (κ2) is 6.28. The first-order chi connectivity index (χ1) is 13.6. The van der Waals surface area contributed by atoms with Crippen molar-refractivity contribution in [3.05, 3.63) is 72.0 Å². The summed E-state index contributed by atoms with van der Waals surface area (Å²) in [5.41, 5.74) is 9.25. The summed E-state index contributed by atoms with van der Waals surface area (Å²) in [6.07, 6.45) is 4.88. The number of rotatable bonds is 2. The molecule has 0 aliphatic heterocycles. The first-order valence-corrected chi connectivity index (χ1v) is 8.83. The zero-order chi connectivity index (χ0) is 19.3. The van der Waals surface area contributed by atoms with Crippen molar-refractivity contribution in [3.8, 4) is 22.4 Å². The van der Waals surface area contributed by atoms with Gasteiger partial charge >= 0.3 is 0 Å². The third-order valence-corrected chi connectivity index (χ3v) is 4.83. The Labute approximate surface area is 163 Å². The summed E-state index contributed by atoms with van der Waals surface area (Å²) in [7, 11) is 0. The van der Waals surface area contributed by atoms with E-state index in [-0.39, 0.29) is 0 Å². The molecule has 0 aliphatic carbocycles. The minimum Gasteiger partial charge on any atom is -0.460 e. The number of nitrogens with zero attached hydrogens (tertiary/aromatic N) is 3. The van der Waals surface area contributed by atoms with Gasteiger partial charge in [-0.05, 0) is 48.0 Å². The first kappa shape index (κ1) is 16.6. The Kier molecular flexibility index (Phi) is 3.74. The molecule has 5 nitrogen and oxygen atoms in total. The molecule has 0 fully saturated rings. The van der Waals surface area contributed by atoms with Crippen molar-refractivity contribution in [1.29, 1.82) is 0 Å². The molecule has 136 valence electrons. The maximum atomic E-state index is 14.5. The van der Waals surface area contributed by atoms with Crippen LogP contribution in [0.1, 0.15) is 0 Å². The summed E-state index contributed by atoms with van der Waals surface area (Å²) in [4.78, 5) is 12.9. The van der Waals surface area contributed by atoms with Gasteiger partial charge in [-0.3, -0.25) is 0 Å². The highest BCUT2D eigenvalue weighted by molar-refractivity contribution is 6.30. The quantitative estimate of drug-likeness (QED) is 0.432. The number of nitrogen functional groups attached to an aromatic ring is 1. The van der Waals surface area contributed by atoms with Crippen molar-refractivity contribution in [1.82, 2.24) is 15.0 Å². The molecule has 1 aromatic carbocycles. The van der Waals surface area contributed by atoms with E-state index in [4.69, 9.17) is 21.8 Å². The molecule has 0 saturated heterocycles. The van der Waals surface area contributed by atoms with Crippen LogP contribution in [0.2, 0.25) is 5.02 Å². The highest BCUT2D eigenvalue weighted by Crippen LogP contribution is 2.38. The Hall–Kier alpha value is -3.51. The summed E-state index contributed by atoms with van der Waals surface area (Å²) in [6.45, 7) is 0. The second-order valence-electron chi connectivity index (χ2n) is 6.28. The van der Waals surface area contributed by atoms with Crippen molar-refractivity contribution >= 4 is 39.4 Å². The predicted molar refractivity (Wildman–Crippen MR) is 107 cm³/mol. The monoisotopic (exact) mass is 390 g/mol. The van der Waals surface area contributed by atoms with E-state index in [1.807, 2.05) is 18.2 Å². The number of pyridine rings is 3. The zero-order valence-corrected chi connectivity index (χ0v) is 15.1. The number of halogens is 2. The number of benzene rings is 1. The molecule has 0 radical (unpaired) electrons. The number of aromatic nitrogens is 3. The van der Waals surface area contributed by atoms with Gasteiger partial charge in [0, 0.05) is 39.3 Å². The molecular formula is C21H12ClFN4O. The molecule has 0 bridgehead atoms. The maximum absolute atomic E-state index is 14.5. The van der Waals surface area contributed by atoms with Crippen molar-refractivity contribution < 1.29 is 8.81 Å². The molecular weight excluding hydrogens is 379 g/mol. The number of anilines is 1. The van der Waals surface area contributed by atoms with Crippen LogP contribution >= 0.6 is 11.6 Å². The van der Waals surface area contributed by atoms with E-state index in [1.54, 1.807) is 30.8 Å². The summed E-state index contributed by atoms with van der Waals surface area (Å²) in [5, 5.41) is 2.04. The molecule has 0 amide bonds. The van der Waals surface area contributed by atoms with Crippen LogP contribution in [0.25, 0.3) is 44.4 Å². The molecule has 5 rings (SSSR count). The lowest BCUT2D eigenvalue weighted by Gasteiger charge is -2.09. The molecule has 4 aromatic heterocycles. The lowest BCUT2D eigenvalue weighted by Crippen LogP contribution is -1.94. The zero-order valence-electron chi connectivity index (χ0n) is 14.4. The van der Waals surface area contributed by atoms with Crippen molar-refractivity contribution in [2.24, 2.45) is 0 Å². The van der Waals surface area contributed by atoms with Gasteiger partial charge in [0.15, 0.2) is 17.0 Å². The summed E-state index contributed by atoms with van der Waals surface area (Å²) in [6, 6.07) is 11.7. The van der Waals surface area contributed by atoms with Gasteiger partial charge in [0.05, 0.1) is 12.0 Å². The minimum absolute atomic E-state index is 0.301. The fourth-order valence-electron chi connectivity index (χ4n) is 3.30. The Morgan fingerprint density at radius 3 is 2.71 bits per heavy atom. The molecule has 4 heterocycles. The average Bonchev–Trinajstić information content (AvgIpc) is 3.14. The number of nitrogens with two attached hydrogens (primary N) is 1. The van der Waals surface area contributed by atoms with Crippen LogP contribution in [0.15, 0.2) is 65.5 Å². The van der Waals surface area contributed by atoms with Crippen LogP contribution in [-0.2, 0) is 0 Å². The topological polar surface area (TPSA) is 77.8 Å².